The van der Waals surface area contributed by atoms with Crippen molar-refractivity contribution in [3.05, 3.63) is 59.4 Å². The van der Waals surface area contributed by atoms with Crippen LogP contribution in [0.15, 0.2) is 36.8 Å². The number of anilines is 1. The Morgan fingerprint density at radius 2 is 1.94 bits per heavy atom. The standard InChI is InChI=1S/C33H38F4N8O3/c1-20(2)45(18-33(35,36)37)31(46)24-9-22(34)3-4-27(24)48-30-29(40-19-41-42-30)44-16-32(17-44)10-23(11-32)47-28-5-7-39-26-6-8-43(15-25(26)28)14-21-12-38-13-21/h3-5,7,9,19-21,23,38H,6,8,10-18H2,1-2H3. The van der Waals surface area contributed by atoms with Crippen molar-refractivity contribution in [1.82, 2.24) is 35.3 Å². The number of halogens is 4. The third kappa shape index (κ3) is 6.75. The Bertz CT molecular complexity index is 1660. The van der Waals surface area contributed by atoms with Gasteiger partial charge in [-0.1, -0.05) is 0 Å². The zero-order valence-electron chi connectivity index (χ0n) is 26.8. The molecule has 3 fully saturated rings. The van der Waals surface area contributed by atoms with Crippen molar-refractivity contribution >= 4 is 11.7 Å². The molecule has 1 amide bonds. The molecule has 2 aromatic heterocycles. The number of hydrogen-bond donors (Lipinski definition) is 1. The van der Waals surface area contributed by atoms with E-state index < -0.39 is 30.5 Å². The average molecular weight is 671 g/mol. The van der Waals surface area contributed by atoms with Crippen LogP contribution in [-0.2, 0) is 13.0 Å². The van der Waals surface area contributed by atoms with Crippen molar-refractivity contribution in [3.63, 3.8) is 0 Å². The van der Waals surface area contributed by atoms with E-state index >= 15 is 0 Å². The van der Waals surface area contributed by atoms with Gasteiger partial charge in [0.1, 0.15) is 36.3 Å². The molecule has 0 bridgehead atoms. The van der Waals surface area contributed by atoms with Gasteiger partial charge in [0.2, 0.25) is 0 Å². The van der Waals surface area contributed by atoms with E-state index in [9.17, 15) is 22.4 Å². The van der Waals surface area contributed by atoms with Crippen molar-refractivity contribution in [2.45, 2.75) is 58.0 Å². The summed E-state index contributed by atoms with van der Waals surface area (Å²) in [5.41, 5.74) is 1.99. The smallest absolute Gasteiger partial charge is 0.406 e. The predicted molar refractivity (Wildman–Crippen MR) is 166 cm³/mol. The van der Waals surface area contributed by atoms with Gasteiger partial charge in [-0.15, -0.1) is 10.2 Å². The number of benzene rings is 1. The monoisotopic (exact) mass is 670 g/mol. The number of amides is 1. The summed E-state index contributed by atoms with van der Waals surface area (Å²) in [6, 6.07) is 4.29. The minimum atomic E-state index is -4.64. The van der Waals surface area contributed by atoms with Crippen molar-refractivity contribution in [2.75, 3.05) is 50.7 Å². The highest BCUT2D eigenvalue weighted by Gasteiger charge is 2.54. The van der Waals surface area contributed by atoms with Crippen LogP contribution in [0.4, 0.5) is 23.4 Å². The molecule has 1 spiro atoms. The summed E-state index contributed by atoms with van der Waals surface area (Å²) in [6.07, 6.45) is 1.21. The molecule has 2 saturated heterocycles. The lowest BCUT2D eigenvalue weighted by Gasteiger charge is -2.58. The molecular formula is C33H38F4N8O3. The third-order valence-corrected chi connectivity index (χ3v) is 9.68. The number of ether oxygens (including phenoxy) is 2. The molecule has 1 aliphatic carbocycles. The molecule has 7 rings (SSSR count). The maximum atomic E-state index is 14.3. The molecule has 0 unspecified atom stereocenters. The first kappa shape index (κ1) is 32.4. The molecule has 3 aromatic rings. The molecular weight excluding hydrogens is 632 g/mol. The van der Waals surface area contributed by atoms with Gasteiger partial charge in [-0.05, 0) is 56.9 Å². The normalized spacial score (nSPS) is 19.4. The summed E-state index contributed by atoms with van der Waals surface area (Å²) in [5.74, 6) is 0.0168. The Morgan fingerprint density at radius 3 is 2.65 bits per heavy atom. The first-order valence-electron chi connectivity index (χ1n) is 16.3. The van der Waals surface area contributed by atoms with E-state index in [1.807, 2.05) is 17.2 Å². The van der Waals surface area contributed by atoms with Gasteiger partial charge >= 0.3 is 6.18 Å². The fraction of sp³-hybridized carbons (Fsp3) is 0.545. The molecule has 1 aromatic carbocycles. The van der Waals surface area contributed by atoms with Crippen LogP contribution in [0.25, 0.3) is 0 Å². The second-order valence-corrected chi connectivity index (χ2v) is 13.7. The topological polar surface area (TPSA) is 109 Å². The highest BCUT2D eigenvalue weighted by molar-refractivity contribution is 5.97. The predicted octanol–water partition coefficient (Wildman–Crippen LogP) is 4.24. The molecule has 5 heterocycles. The number of rotatable bonds is 10. The molecule has 0 radical (unpaired) electrons. The van der Waals surface area contributed by atoms with Crippen LogP contribution in [0.3, 0.4) is 0 Å². The first-order valence-corrected chi connectivity index (χ1v) is 16.3. The second kappa shape index (κ2) is 12.7. The van der Waals surface area contributed by atoms with Crippen LogP contribution in [-0.4, -0.2) is 100 Å². The summed E-state index contributed by atoms with van der Waals surface area (Å²) >= 11 is 0. The van der Waals surface area contributed by atoms with Crippen LogP contribution in [0, 0.1) is 17.2 Å². The molecule has 4 aliphatic rings. The number of carbonyl (C=O) groups is 1. The third-order valence-electron chi connectivity index (χ3n) is 9.68. The fourth-order valence-electron chi connectivity index (χ4n) is 7.16. The van der Waals surface area contributed by atoms with E-state index in [0.717, 1.165) is 75.6 Å². The highest BCUT2D eigenvalue weighted by atomic mass is 19.4. The lowest BCUT2D eigenvalue weighted by atomic mass is 9.61. The summed E-state index contributed by atoms with van der Waals surface area (Å²) in [6.45, 7) is 7.86. The Balaban J connectivity index is 0.996. The lowest BCUT2D eigenvalue weighted by Crippen LogP contribution is -2.65. The van der Waals surface area contributed by atoms with Crippen molar-refractivity contribution in [2.24, 2.45) is 11.3 Å². The van der Waals surface area contributed by atoms with Crippen molar-refractivity contribution < 1.29 is 31.8 Å². The number of nitrogens with zero attached hydrogens (tertiary/aromatic N) is 7. The number of fused-ring (bicyclic) bond motifs is 1. The van der Waals surface area contributed by atoms with Crippen molar-refractivity contribution in [1.29, 1.82) is 0 Å². The van der Waals surface area contributed by atoms with Gasteiger partial charge in [0, 0.05) is 81.1 Å². The van der Waals surface area contributed by atoms with Crippen LogP contribution < -0.4 is 19.7 Å². The highest BCUT2D eigenvalue weighted by Crippen LogP contribution is 2.52. The number of aromatic nitrogens is 4. The van der Waals surface area contributed by atoms with E-state index in [2.05, 4.69) is 30.4 Å². The Kier molecular flexibility index (Phi) is 8.60. The van der Waals surface area contributed by atoms with E-state index in [1.54, 1.807) is 0 Å². The maximum absolute atomic E-state index is 14.3. The Labute approximate surface area is 275 Å². The Morgan fingerprint density at radius 1 is 1.15 bits per heavy atom. The summed E-state index contributed by atoms with van der Waals surface area (Å²) in [4.78, 5) is 27.3. The number of alkyl halides is 3. The van der Waals surface area contributed by atoms with Gasteiger partial charge in [0.25, 0.3) is 11.8 Å². The minimum Gasteiger partial charge on any atom is -0.490 e. The van der Waals surface area contributed by atoms with E-state index in [-0.39, 0.29) is 28.7 Å². The van der Waals surface area contributed by atoms with E-state index in [0.29, 0.717) is 29.7 Å². The molecule has 15 heteroatoms. The van der Waals surface area contributed by atoms with Gasteiger partial charge in [0.15, 0.2) is 5.82 Å². The van der Waals surface area contributed by atoms with Crippen LogP contribution in [0.5, 0.6) is 17.4 Å². The number of nitrogens with one attached hydrogen (secondary N) is 1. The van der Waals surface area contributed by atoms with Crippen LogP contribution in [0.1, 0.15) is 48.3 Å². The molecule has 0 atom stereocenters. The van der Waals surface area contributed by atoms with Crippen LogP contribution in [0.2, 0.25) is 0 Å². The van der Waals surface area contributed by atoms with Gasteiger partial charge in [-0.25, -0.2) is 9.37 Å². The maximum Gasteiger partial charge on any atom is 0.406 e. The minimum absolute atomic E-state index is 0.0299. The zero-order chi connectivity index (χ0) is 33.6. The molecule has 1 N–H and O–H groups in total. The summed E-state index contributed by atoms with van der Waals surface area (Å²) in [7, 11) is 0. The molecule has 3 aliphatic heterocycles. The largest absolute Gasteiger partial charge is 0.490 e. The van der Waals surface area contributed by atoms with Gasteiger partial charge in [-0.2, -0.15) is 13.2 Å². The Hall–Kier alpha value is -4.11. The molecule has 48 heavy (non-hydrogen) atoms. The number of hydrogen-bond acceptors (Lipinski definition) is 10. The second-order valence-electron chi connectivity index (χ2n) is 13.7. The van der Waals surface area contributed by atoms with Gasteiger partial charge in [0.05, 0.1) is 5.56 Å². The summed E-state index contributed by atoms with van der Waals surface area (Å²) < 4.78 is 66.6. The van der Waals surface area contributed by atoms with Gasteiger partial charge in [-0.3, -0.25) is 14.7 Å². The summed E-state index contributed by atoms with van der Waals surface area (Å²) in [5, 5.41) is 11.2. The first-order chi connectivity index (χ1) is 23.0. The van der Waals surface area contributed by atoms with E-state index in [4.69, 9.17) is 9.47 Å². The van der Waals surface area contributed by atoms with Gasteiger partial charge < -0.3 is 24.6 Å². The average Bonchev–Trinajstić information content (AvgIpc) is 2.99. The quantitative estimate of drug-likeness (QED) is 0.315. The van der Waals surface area contributed by atoms with Crippen LogP contribution >= 0.6 is 0 Å². The fourth-order valence-corrected chi connectivity index (χ4v) is 7.16. The number of carbonyl (C=O) groups excluding carboxylic acids is 1. The zero-order valence-corrected chi connectivity index (χ0v) is 26.8. The SMILES string of the molecule is CC(C)N(CC(F)(F)F)C(=O)c1cc(F)ccc1Oc1nncnc1N1CC2(CC(Oc3ccnc4c3CN(CC3CNC3)CC4)C2)C1. The molecule has 1 saturated carbocycles. The number of pyridine rings is 1. The van der Waals surface area contributed by atoms with E-state index in [1.165, 1.54) is 31.8 Å². The molecule has 256 valence electrons. The molecule has 11 nitrogen and oxygen atoms in total. The lowest BCUT2D eigenvalue weighted by molar-refractivity contribution is -0.143. The van der Waals surface area contributed by atoms with Crippen molar-refractivity contribution in [3.8, 4) is 17.4 Å².